The largest absolute Gasteiger partial charge is 0.347 e. The first kappa shape index (κ1) is 12.3. The quantitative estimate of drug-likeness (QED) is 0.875. The Morgan fingerprint density at radius 2 is 2.32 bits per heavy atom. The van der Waals surface area contributed by atoms with Gasteiger partial charge in [0.15, 0.2) is 0 Å². The highest BCUT2D eigenvalue weighted by molar-refractivity contribution is 5.03. The van der Waals surface area contributed by atoms with Crippen molar-refractivity contribution in [1.29, 1.82) is 0 Å². The van der Waals surface area contributed by atoms with E-state index in [1.165, 1.54) is 19.3 Å². The molecule has 1 aliphatic rings. The van der Waals surface area contributed by atoms with E-state index in [2.05, 4.69) is 37.0 Å². The molecule has 6 heteroatoms. The van der Waals surface area contributed by atoms with E-state index in [0.717, 1.165) is 36.9 Å². The van der Waals surface area contributed by atoms with Crippen LogP contribution in [0.25, 0.3) is 0 Å². The number of nitrogens with one attached hydrogen (secondary N) is 2. The minimum atomic E-state index is 0.197. The van der Waals surface area contributed by atoms with E-state index in [4.69, 9.17) is 0 Å². The fourth-order valence-electron chi connectivity index (χ4n) is 2.56. The fraction of sp³-hybridized carbons (Fsp3) is 0.615. The molecule has 2 aromatic heterocycles. The van der Waals surface area contributed by atoms with Gasteiger partial charge in [-0.05, 0) is 19.8 Å². The first-order chi connectivity index (χ1) is 9.34. The Kier molecular flexibility index (Phi) is 3.59. The summed E-state index contributed by atoms with van der Waals surface area (Å²) in [7, 11) is 0. The zero-order chi connectivity index (χ0) is 13.1. The van der Waals surface area contributed by atoms with E-state index in [-0.39, 0.29) is 6.04 Å². The van der Waals surface area contributed by atoms with Gasteiger partial charge in [-0.1, -0.05) is 6.42 Å². The molecule has 0 aromatic carbocycles. The Bertz CT molecular complexity index is 515. The van der Waals surface area contributed by atoms with Gasteiger partial charge in [-0.2, -0.15) is 0 Å². The van der Waals surface area contributed by atoms with Crippen LogP contribution in [0.15, 0.2) is 12.5 Å². The summed E-state index contributed by atoms with van der Waals surface area (Å²) >= 11 is 0. The standard InChI is InChI=1S/C13H20N6/c1-10(15-8-11-7-14-9-16-11)13-18-17-12-5-3-2-4-6-19(12)13/h7,9-10,15H,2-6,8H2,1H3,(H,14,16). The smallest absolute Gasteiger partial charge is 0.149 e. The summed E-state index contributed by atoms with van der Waals surface area (Å²) in [6, 6.07) is 0.197. The van der Waals surface area contributed by atoms with Crippen molar-refractivity contribution in [3.8, 4) is 0 Å². The second-order valence-electron chi connectivity index (χ2n) is 5.12. The number of hydrogen-bond acceptors (Lipinski definition) is 4. The van der Waals surface area contributed by atoms with Gasteiger partial charge in [-0.25, -0.2) is 4.98 Å². The lowest BCUT2D eigenvalue weighted by Gasteiger charge is -2.14. The van der Waals surface area contributed by atoms with Crippen LogP contribution in [-0.2, 0) is 19.5 Å². The molecule has 0 aliphatic carbocycles. The van der Waals surface area contributed by atoms with Gasteiger partial charge in [-0.15, -0.1) is 10.2 Å². The van der Waals surface area contributed by atoms with Gasteiger partial charge < -0.3 is 14.9 Å². The van der Waals surface area contributed by atoms with Crippen LogP contribution >= 0.6 is 0 Å². The molecule has 1 atom stereocenters. The number of nitrogens with zero attached hydrogens (tertiary/aromatic N) is 4. The van der Waals surface area contributed by atoms with Crippen LogP contribution in [0.5, 0.6) is 0 Å². The Balaban J connectivity index is 1.69. The Hall–Kier alpha value is -1.69. The summed E-state index contributed by atoms with van der Waals surface area (Å²) in [6.45, 7) is 3.95. The molecule has 0 amide bonds. The molecule has 102 valence electrons. The third kappa shape index (κ3) is 2.68. The van der Waals surface area contributed by atoms with Gasteiger partial charge >= 0.3 is 0 Å². The number of aromatic nitrogens is 5. The van der Waals surface area contributed by atoms with Crippen molar-refractivity contribution in [3.05, 3.63) is 29.9 Å². The van der Waals surface area contributed by atoms with Gasteiger partial charge in [-0.3, -0.25) is 0 Å². The highest BCUT2D eigenvalue weighted by atomic mass is 15.3. The lowest BCUT2D eigenvalue weighted by atomic mass is 10.2. The second kappa shape index (κ2) is 5.52. The molecular weight excluding hydrogens is 240 g/mol. The van der Waals surface area contributed by atoms with Crippen LogP contribution in [0.2, 0.25) is 0 Å². The van der Waals surface area contributed by atoms with E-state index in [9.17, 15) is 0 Å². The Labute approximate surface area is 112 Å². The number of imidazole rings is 1. The molecule has 0 saturated carbocycles. The number of H-pyrrole nitrogens is 1. The summed E-state index contributed by atoms with van der Waals surface area (Å²) in [5, 5.41) is 12.2. The molecule has 1 aliphatic heterocycles. The van der Waals surface area contributed by atoms with Gasteiger partial charge in [0.05, 0.1) is 12.4 Å². The second-order valence-corrected chi connectivity index (χ2v) is 5.12. The van der Waals surface area contributed by atoms with Crippen LogP contribution in [0.4, 0.5) is 0 Å². The van der Waals surface area contributed by atoms with Gasteiger partial charge in [0.1, 0.15) is 11.6 Å². The van der Waals surface area contributed by atoms with Crippen molar-refractivity contribution in [2.75, 3.05) is 0 Å². The minimum absolute atomic E-state index is 0.197. The molecule has 0 bridgehead atoms. The zero-order valence-corrected chi connectivity index (χ0v) is 11.3. The molecule has 2 N–H and O–H groups in total. The highest BCUT2D eigenvalue weighted by Gasteiger charge is 2.18. The van der Waals surface area contributed by atoms with Crippen LogP contribution in [0.3, 0.4) is 0 Å². The van der Waals surface area contributed by atoms with Gasteiger partial charge in [0.25, 0.3) is 0 Å². The molecule has 0 spiro atoms. The average Bonchev–Trinajstić information content (AvgIpc) is 3.02. The number of aromatic amines is 1. The molecule has 2 aromatic rings. The molecule has 1 unspecified atom stereocenters. The molecule has 19 heavy (non-hydrogen) atoms. The predicted molar refractivity (Wildman–Crippen MR) is 71.4 cm³/mol. The Morgan fingerprint density at radius 3 is 3.16 bits per heavy atom. The SMILES string of the molecule is CC(NCc1cnc[nH]1)c1nnc2n1CCCCC2. The summed E-state index contributed by atoms with van der Waals surface area (Å²) in [4.78, 5) is 7.11. The number of fused-ring (bicyclic) bond motifs is 1. The number of aryl methyl sites for hydroxylation is 1. The maximum atomic E-state index is 4.36. The topological polar surface area (TPSA) is 71.4 Å². The average molecular weight is 260 g/mol. The van der Waals surface area contributed by atoms with E-state index in [1.54, 1.807) is 6.33 Å². The van der Waals surface area contributed by atoms with Crippen LogP contribution in [0.1, 0.15) is 49.6 Å². The van der Waals surface area contributed by atoms with Crippen LogP contribution < -0.4 is 5.32 Å². The first-order valence-electron chi connectivity index (χ1n) is 6.97. The van der Waals surface area contributed by atoms with Crippen molar-refractivity contribution in [1.82, 2.24) is 30.0 Å². The van der Waals surface area contributed by atoms with Gasteiger partial charge in [0, 0.05) is 31.4 Å². The monoisotopic (exact) mass is 260 g/mol. The highest BCUT2D eigenvalue weighted by Crippen LogP contribution is 2.18. The van der Waals surface area contributed by atoms with Crippen LogP contribution in [0, 0.1) is 0 Å². The van der Waals surface area contributed by atoms with Crippen molar-refractivity contribution < 1.29 is 0 Å². The summed E-state index contributed by atoms with van der Waals surface area (Å²) in [5.41, 5.74) is 1.09. The minimum Gasteiger partial charge on any atom is -0.347 e. The summed E-state index contributed by atoms with van der Waals surface area (Å²) in [5.74, 6) is 2.19. The van der Waals surface area contributed by atoms with E-state index in [1.807, 2.05) is 6.20 Å². The Morgan fingerprint density at radius 1 is 1.37 bits per heavy atom. The first-order valence-corrected chi connectivity index (χ1v) is 6.97. The van der Waals surface area contributed by atoms with Crippen molar-refractivity contribution in [3.63, 3.8) is 0 Å². The molecule has 0 radical (unpaired) electrons. The predicted octanol–water partition coefficient (Wildman–Crippen LogP) is 1.58. The van der Waals surface area contributed by atoms with Crippen molar-refractivity contribution in [2.24, 2.45) is 0 Å². The molecule has 3 heterocycles. The van der Waals surface area contributed by atoms with Crippen LogP contribution in [-0.4, -0.2) is 24.7 Å². The number of rotatable bonds is 4. The lowest BCUT2D eigenvalue weighted by molar-refractivity contribution is 0.499. The van der Waals surface area contributed by atoms with Crippen molar-refractivity contribution >= 4 is 0 Å². The van der Waals surface area contributed by atoms with E-state index < -0.39 is 0 Å². The molecule has 6 nitrogen and oxygen atoms in total. The molecule has 0 fully saturated rings. The van der Waals surface area contributed by atoms with Crippen molar-refractivity contribution in [2.45, 2.75) is 51.7 Å². The maximum Gasteiger partial charge on any atom is 0.149 e. The summed E-state index contributed by atoms with van der Waals surface area (Å²) < 4.78 is 2.29. The third-order valence-electron chi connectivity index (χ3n) is 3.68. The molecule has 3 rings (SSSR count). The van der Waals surface area contributed by atoms with Gasteiger partial charge in [0.2, 0.25) is 0 Å². The fourth-order valence-corrected chi connectivity index (χ4v) is 2.56. The third-order valence-corrected chi connectivity index (χ3v) is 3.68. The molecular formula is C13H20N6. The van der Waals surface area contributed by atoms with E-state index >= 15 is 0 Å². The maximum absolute atomic E-state index is 4.36. The molecule has 0 saturated heterocycles. The lowest BCUT2D eigenvalue weighted by Crippen LogP contribution is -2.22. The van der Waals surface area contributed by atoms with E-state index in [0.29, 0.717) is 0 Å². The normalized spacial score (nSPS) is 16.9. The zero-order valence-electron chi connectivity index (χ0n) is 11.3. The summed E-state index contributed by atoms with van der Waals surface area (Å²) in [6.07, 6.45) is 8.34. The number of hydrogen-bond donors (Lipinski definition) is 2.